The van der Waals surface area contributed by atoms with Gasteiger partial charge in [-0.15, -0.1) is 0 Å². The van der Waals surface area contributed by atoms with E-state index in [0.717, 1.165) is 25.2 Å². The summed E-state index contributed by atoms with van der Waals surface area (Å²) >= 11 is 0. The van der Waals surface area contributed by atoms with Crippen molar-refractivity contribution >= 4 is 41.3 Å². The summed E-state index contributed by atoms with van der Waals surface area (Å²) in [6.45, 7) is 0. The minimum absolute atomic E-state index is 0.0111. The van der Waals surface area contributed by atoms with Crippen molar-refractivity contribution in [3.63, 3.8) is 0 Å². The molecule has 1 fully saturated rings. The fourth-order valence-corrected chi connectivity index (χ4v) is 3.14. The smallest absolute Gasteiger partial charge is 0.354 e. The first-order valence-corrected chi connectivity index (χ1v) is 8.77. The summed E-state index contributed by atoms with van der Waals surface area (Å²) in [7, 11) is 2.26. The summed E-state index contributed by atoms with van der Waals surface area (Å²) in [6.07, 6.45) is 0.925. The van der Waals surface area contributed by atoms with Gasteiger partial charge in [-0.05, 0) is 24.6 Å². The van der Waals surface area contributed by atoms with E-state index in [9.17, 15) is 28.8 Å². The van der Waals surface area contributed by atoms with Crippen molar-refractivity contribution in [2.45, 2.75) is 18.9 Å². The van der Waals surface area contributed by atoms with E-state index in [1.165, 1.54) is 18.2 Å². The number of hydrogen-bond acceptors (Lipinski definition) is 9. The van der Waals surface area contributed by atoms with Gasteiger partial charge in [-0.2, -0.15) is 0 Å². The first kappa shape index (κ1) is 20.7. The van der Waals surface area contributed by atoms with Crippen molar-refractivity contribution in [2.75, 3.05) is 19.5 Å². The van der Waals surface area contributed by atoms with E-state index in [2.05, 4.69) is 20.1 Å². The third-order valence-electron chi connectivity index (χ3n) is 4.59. The molecule has 0 aromatic heterocycles. The topological polar surface area (TPSA) is 148 Å². The molecule has 0 bridgehead atoms. The van der Waals surface area contributed by atoms with Gasteiger partial charge in [0.25, 0.3) is 11.8 Å². The molecule has 0 aliphatic carbocycles. The average Bonchev–Trinajstić information content (AvgIpc) is 2.97. The highest BCUT2D eigenvalue weighted by molar-refractivity contribution is 6.23. The van der Waals surface area contributed by atoms with E-state index in [0.29, 0.717) is 0 Å². The van der Waals surface area contributed by atoms with Crippen molar-refractivity contribution < 1.29 is 38.2 Å². The molecule has 2 aliphatic rings. The second-order valence-electron chi connectivity index (χ2n) is 6.41. The summed E-state index contributed by atoms with van der Waals surface area (Å²) in [4.78, 5) is 73.1. The fourth-order valence-electron chi connectivity index (χ4n) is 3.14. The van der Waals surface area contributed by atoms with Gasteiger partial charge >= 0.3 is 11.9 Å². The highest BCUT2D eigenvalue weighted by Gasteiger charge is 2.44. The molecule has 30 heavy (non-hydrogen) atoms. The van der Waals surface area contributed by atoms with Gasteiger partial charge in [0.1, 0.15) is 11.7 Å². The Hall–Kier alpha value is -4.02. The van der Waals surface area contributed by atoms with E-state index in [1.807, 2.05) is 0 Å². The van der Waals surface area contributed by atoms with Crippen LogP contribution in [0.1, 0.15) is 33.6 Å². The average molecular weight is 415 g/mol. The molecule has 11 heteroatoms. The monoisotopic (exact) mass is 415 g/mol. The van der Waals surface area contributed by atoms with Crippen molar-refractivity contribution in [1.82, 2.24) is 10.2 Å². The predicted molar refractivity (Wildman–Crippen MR) is 98.9 cm³/mol. The predicted octanol–water partition coefficient (Wildman–Crippen LogP) is -0.270. The van der Waals surface area contributed by atoms with Crippen LogP contribution in [0.5, 0.6) is 0 Å². The molecular formula is C19H17N3O8. The first-order valence-electron chi connectivity index (χ1n) is 8.77. The van der Waals surface area contributed by atoms with Crippen LogP contribution >= 0.6 is 0 Å². The highest BCUT2D eigenvalue weighted by atomic mass is 16.5. The molecule has 0 radical (unpaired) electrons. The summed E-state index contributed by atoms with van der Waals surface area (Å²) in [5.41, 5.74) is 0.0625. The van der Waals surface area contributed by atoms with E-state index < -0.39 is 41.6 Å². The van der Waals surface area contributed by atoms with E-state index >= 15 is 0 Å². The molecule has 0 saturated carbocycles. The SMILES string of the molecule is COC(=O)/C=C(/Nc1ccc2c(c1)C(=O)N(C1CCC(=O)NC1=O)C2=O)C(=O)OC. The van der Waals surface area contributed by atoms with Crippen LogP contribution in [-0.4, -0.2) is 60.7 Å². The van der Waals surface area contributed by atoms with Gasteiger partial charge in [-0.25, -0.2) is 9.59 Å². The van der Waals surface area contributed by atoms with Crippen LogP contribution in [-0.2, 0) is 28.7 Å². The number of anilines is 1. The number of hydrogen-bond donors (Lipinski definition) is 2. The standard InChI is InChI=1S/C19H17N3O8/c1-29-15(24)8-12(19(28)30-2)20-9-3-4-10-11(7-9)18(27)22(17(10)26)13-5-6-14(23)21-16(13)25/h3-4,7-8,13,20H,5-6H2,1-2H3,(H,21,23,25)/b12-8+. The third-order valence-corrected chi connectivity index (χ3v) is 4.59. The maximum absolute atomic E-state index is 12.8. The van der Waals surface area contributed by atoms with Crippen molar-refractivity contribution in [1.29, 1.82) is 0 Å². The molecule has 3 rings (SSSR count). The Labute approximate surface area is 170 Å². The molecule has 1 aromatic rings. The Kier molecular flexibility index (Phi) is 5.63. The van der Waals surface area contributed by atoms with Gasteiger partial charge in [0.2, 0.25) is 11.8 Å². The molecule has 2 N–H and O–H groups in total. The van der Waals surface area contributed by atoms with Gasteiger partial charge in [0.05, 0.1) is 31.4 Å². The number of esters is 2. The van der Waals surface area contributed by atoms with Crippen LogP contribution < -0.4 is 10.6 Å². The van der Waals surface area contributed by atoms with Crippen LogP contribution in [0.2, 0.25) is 0 Å². The zero-order chi connectivity index (χ0) is 22.0. The van der Waals surface area contributed by atoms with Gasteiger partial charge in [0, 0.05) is 12.1 Å². The van der Waals surface area contributed by atoms with Gasteiger partial charge < -0.3 is 14.8 Å². The normalized spacial score (nSPS) is 18.7. The lowest BCUT2D eigenvalue weighted by molar-refractivity contribution is -0.138. The summed E-state index contributed by atoms with van der Waals surface area (Å²) in [6, 6.07) is 3.01. The number of benzene rings is 1. The molecule has 4 amide bonds. The van der Waals surface area contributed by atoms with E-state index in [-0.39, 0.29) is 35.4 Å². The van der Waals surface area contributed by atoms with E-state index in [4.69, 9.17) is 0 Å². The molecule has 0 spiro atoms. The molecular weight excluding hydrogens is 398 g/mol. The Morgan fingerprint density at radius 3 is 2.43 bits per heavy atom. The number of nitrogens with zero attached hydrogens (tertiary/aromatic N) is 1. The lowest BCUT2D eigenvalue weighted by Gasteiger charge is -2.27. The highest BCUT2D eigenvalue weighted by Crippen LogP contribution is 2.30. The second kappa shape index (κ2) is 8.15. The minimum Gasteiger partial charge on any atom is -0.466 e. The van der Waals surface area contributed by atoms with Crippen LogP contribution in [0.15, 0.2) is 30.0 Å². The van der Waals surface area contributed by atoms with Crippen LogP contribution in [0.25, 0.3) is 0 Å². The van der Waals surface area contributed by atoms with Crippen molar-refractivity contribution in [3.8, 4) is 0 Å². The number of carbonyl (C=O) groups is 6. The number of rotatable bonds is 5. The largest absolute Gasteiger partial charge is 0.466 e. The number of carbonyl (C=O) groups excluding carboxylic acids is 6. The molecule has 1 atom stereocenters. The summed E-state index contributed by atoms with van der Waals surface area (Å²) < 4.78 is 9.09. The van der Waals surface area contributed by atoms with Gasteiger partial charge in [0.15, 0.2) is 0 Å². The fraction of sp³-hybridized carbons (Fsp3) is 0.263. The quantitative estimate of drug-likeness (QED) is 0.376. The lowest BCUT2D eigenvalue weighted by Crippen LogP contribution is -2.54. The lowest BCUT2D eigenvalue weighted by atomic mass is 10.0. The number of piperidine rings is 1. The summed E-state index contributed by atoms with van der Waals surface area (Å²) in [5, 5.41) is 4.76. The molecule has 2 heterocycles. The van der Waals surface area contributed by atoms with Crippen molar-refractivity contribution in [2.24, 2.45) is 0 Å². The molecule has 11 nitrogen and oxygen atoms in total. The molecule has 156 valence electrons. The van der Waals surface area contributed by atoms with E-state index in [1.54, 1.807) is 0 Å². The Balaban J connectivity index is 1.89. The molecule has 1 unspecified atom stereocenters. The van der Waals surface area contributed by atoms with Crippen molar-refractivity contribution in [3.05, 3.63) is 41.1 Å². The number of methoxy groups -OCH3 is 2. The number of ether oxygens (including phenoxy) is 2. The number of amides is 4. The number of imide groups is 2. The maximum Gasteiger partial charge on any atom is 0.354 e. The molecule has 1 aromatic carbocycles. The van der Waals surface area contributed by atoms with Crippen LogP contribution in [0, 0.1) is 0 Å². The Morgan fingerprint density at radius 2 is 1.80 bits per heavy atom. The second-order valence-corrected chi connectivity index (χ2v) is 6.41. The zero-order valence-electron chi connectivity index (χ0n) is 16.0. The van der Waals surface area contributed by atoms with Gasteiger partial charge in [-0.3, -0.25) is 29.4 Å². The molecule has 2 aliphatic heterocycles. The van der Waals surface area contributed by atoms with Crippen LogP contribution in [0.4, 0.5) is 5.69 Å². The maximum atomic E-state index is 12.8. The first-order chi connectivity index (χ1) is 14.3. The Bertz CT molecular complexity index is 1010. The van der Waals surface area contributed by atoms with Gasteiger partial charge in [-0.1, -0.05) is 0 Å². The summed E-state index contributed by atoms with van der Waals surface area (Å²) in [5.74, 6) is -4.20. The number of fused-ring (bicyclic) bond motifs is 1. The minimum atomic E-state index is -1.09. The third kappa shape index (κ3) is 3.77. The van der Waals surface area contributed by atoms with Crippen LogP contribution in [0.3, 0.4) is 0 Å². The zero-order valence-corrected chi connectivity index (χ0v) is 16.0. The Morgan fingerprint density at radius 1 is 1.10 bits per heavy atom. The molecule has 1 saturated heterocycles. The number of nitrogens with one attached hydrogen (secondary N) is 2.